The number of guanidine groups is 1. The number of rotatable bonds is 4. The molecule has 0 aliphatic carbocycles. The van der Waals surface area contributed by atoms with Gasteiger partial charge in [-0.25, -0.2) is 0 Å². The molecule has 0 aromatic heterocycles. The Morgan fingerprint density at radius 2 is 1.92 bits per heavy atom. The van der Waals surface area contributed by atoms with Crippen LogP contribution in [0.3, 0.4) is 0 Å². The van der Waals surface area contributed by atoms with Gasteiger partial charge in [0.15, 0.2) is 5.96 Å². The van der Waals surface area contributed by atoms with Crippen molar-refractivity contribution in [2.75, 3.05) is 39.9 Å². The molecule has 1 aromatic rings. The Kier molecular flexibility index (Phi) is 8.16. The van der Waals surface area contributed by atoms with Crippen LogP contribution in [-0.4, -0.2) is 63.0 Å². The summed E-state index contributed by atoms with van der Waals surface area (Å²) < 4.78 is 11.8. The molecule has 0 spiro atoms. The van der Waals surface area contributed by atoms with Gasteiger partial charge >= 0.3 is 0 Å². The predicted octanol–water partition coefficient (Wildman–Crippen LogP) is 3.04. The molecule has 0 amide bonds. The fourth-order valence-corrected chi connectivity index (χ4v) is 3.61. The van der Waals surface area contributed by atoms with E-state index in [1.54, 1.807) is 0 Å². The number of hydrogen-bond acceptors (Lipinski definition) is 3. The molecule has 0 saturated carbocycles. The monoisotopic (exact) mass is 473 g/mol. The van der Waals surface area contributed by atoms with Gasteiger partial charge in [-0.2, -0.15) is 0 Å². The summed E-state index contributed by atoms with van der Waals surface area (Å²) in [5.41, 5.74) is 1.37. The van der Waals surface area contributed by atoms with Gasteiger partial charge in [-0.3, -0.25) is 4.99 Å². The van der Waals surface area contributed by atoms with Gasteiger partial charge in [-0.15, -0.1) is 24.0 Å². The first kappa shape index (κ1) is 21.4. The molecule has 2 aliphatic rings. The molecule has 5 nitrogen and oxygen atoms in total. The molecule has 0 bridgehead atoms. The molecular formula is C20H32IN3O2. The van der Waals surface area contributed by atoms with E-state index >= 15 is 0 Å². The maximum absolute atomic E-state index is 5.95. The van der Waals surface area contributed by atoms with Crippen LogP contribution in [0.15, 0.2) is 35.3 Å². The number of halogens is 1. The molecule has 3 rings (SSSR count). The number of aliphatic imine (C=N–C) groups is 1. The second-order valence-electron chi connectivity index (χ2n) is 7.56. The van der Waals surface area contributed by atoms with E-state index in [0.29, 0.717) is 0 Å². The zero-order valence-electron chi connectivity index (χ0n) is 16.1. The van der Waals surface area contributed by atoms with Crippen LogP contribution in [0.4, 0.5) is 0 Å². The van der Waals surface area contributed by atoms with Crippen molar-refractivity contribution in [2.24, 2.45) is 4.99 Å². The van der Waals surface area contributed by atoms with E-state index in [1.165, 1.54) is 5.56 Å². The van der Waals surface area contributed by atoms with Crippen molar-refractivity contribution < 1.29 is 9.47 Å². The van der Waals surface area contributed by atoms with Crippen LogP contribution in [-0.2, 0) is 14.9 Å². The molecule has 0 radical (unpaired) electrons. The Hall–Kier alpha value is -0.860. The molecule has 2 saturated heterocycles. The minimum atomic E-state index is 0. The van der Waals surface area contributed by atoms with Crippen molar-refractivity contribution in [2.45, 2.75) is 44.3 Å². The molecule has 2 fully saturated rings. The minimum Gasteiger partial charge on any atom is -0.375 e. The number of ether oxygens (including phenoxy) is 2. The zero-order chi connectivity index (χ0) is 17.7. The van der Waals surface area contributed by atoms with Crippen LogP contribution in [0.2, 0.25) is 0 Å². The Balaban J connectivity index is 0.00000243. The first-order valence-electron chi connectivity index (χ1n) is 9.34. The Morgan fingerprint density at radius 3 is 2.58 bits per heavy atom. The molecule has 2 atom stereocenters. The van der Waals surface area contributed by atoms with Crippen molar-refractivity contribution in [1.82, 2.24) is 10.2 Å². The van der Waals surface area contributed by atoms with Crippen molar-refractivity contribution in [3.8, 4) is 0 Å². The van der Waals surface area contributed by atoms with Crippen molar-refractivity contribution >= 4 is 29.9 Å². The highest BCUT2D eigenvalue weighted by Crippen LogP contribution is 2.23. The molecular weight excluding hydrogens is 441 g/mol. The van der Waals surface area contributed by atoms with Crippen molar-refractivity contribution in [3.05, 3.63) is 35.9 Å². The lowest BCUT2D eigenvalue weighted by Crippen LogP contribution is -2.54. The summed E-state index contributed by atoms with van der Waals surface area (Å²) in [4.78, 5) is 6.81. The average Bonchev–Trinajstić information content (AvgIpc) is 3.18. The fourth-order valence-electron chi connectivity index (χ4n) is 3.61. The summed E-state index contributed by atoms with van der Waals surface area (Å²) in [6, 6.07) is 10.6. The van der Waals surface area contributed by atoms with E-state index < -0.39 is 0 Å². The maximum Gasteiger partial charge on any atom is 0.193 e. The highest BCUT2D eigenvalue weighted by molar-refractivity contribution is 14.0. The Labute approximate surface area is 174 Å². The van der Waals surface area contributed by atoms with Gasteiger partial charge in [-0.1, -0.05) is 44.2 Å². The Morgan fingerprint density at radius 1 is 1.19 bits per heavy atom. The second kappa shape index (κ2) is 9.90. The standard InChI is InChI=1S/C20H31N3O2.HI/c1-20(2,16-8-5-4-6-9-16)15-22-19(21-3)23-11-13-25-18(14-23)17-10-7-12-24-17;/h4-6,8-9,17-18H,7,10-15H2,1-3H3,(H,21,22);1H. The van der Waals surface area contributed by atoms with Crippen LogP contribution in [0.5, 0.6) is 0 Å². The van der Waals surface area contributed by atoms with Crippen LogP contribution < -0.4 is 5.32 Å². The van der Waals surface area contributed by atoms with Crippen molar-refractivity contribution in [3.63, 3.8) is 0 Å². The van der Waals surface area contributed by atoms with E-state index in [9.17, 15) is 0 Å². The lowest BCUT2D eigenvalue weighted by molar-refractivity contribution is -0.0817. The van der Waals surface area contributed by atoms with Gasteiger partial charge in [0.1, 0.15) is 6.10 Å². The van der Waals surface area contributed by atoms with E-state index in [4.69, 9.17) is 9.47 Å². The summed E-state index contributed by atoms with van der Waals surface area (Å²) in [7, 11) is 1.86. The third-order valence-corrected chi connectivity index (χ3v) is 5.23. The molecule has 2 aliphatic heterocycles. The van der Waals surface area contributed by atoms with Gasteiger partial charge in [-0.05, 0) is 18.4 Å². The summed E-state index contributed by atoms with van der Waals surface area (Å²) >= 11 is 0. The lowest BCUT2D eigenvalue weighted by atomic mass is 9.85. The number of nitrogens with one attached hydrogen (secondary N) is 1. The molecule has 6 heteroatoms. The van der Waals surface area contributed by atoms with E-state index in [-0.39, 0.29) is 41.6 Å². The van der Waals surface area contributed by atoms with Gasteiger partial charge in [0.05, 0.1) is 12.7 Å². The smallest absolute Gasteiger partial charge is 0.193 e. The van der Waals surface area contributed by atoms with E-state index in [2.05, 4.69) is 59.4 Å². The van der Waals surface area contributed by atoms with E-state index in [0.717, 1.165) is 51.6 Å². The van der Waals surface area contributed by atoms with Gasteiger partial charge in [0.2, 0.25) is 0 Å². The number of hydrogen-bond donors (Lipinski definition) is 1. The molecule has 2 unspecified atom stereocenters. The van der Waals surface area contributed by atoms with Gasteiger partial charge in [0, 0.05) is 38.7 Å². The highest BCUT2D eigenvalue weighted by atomic mass is 127. The SMILES string of the molecule is CN=C(NCC(C)(C)c1ccccc1)N1CCOC(C2CCCO2)C1.I. The third kappa shape index (κ3) is 5.33. The number of benzene rings is 1. The molecule has 2 heterocycles. The minimum absolute atomic E-state index is 0. The van der Waals surface area contributed by atoms with Gasteiger partial charge < -0.3 is 19.7 Å². The van der Waals surface area contributed by atoms with Crippen LogP contribution in [0.1, 0.15) is 32.3 Å². The van der Waals surface area contributed by atoms with Crippen LogP contribution in [0.25, 0.3) is 0 Å². The summed E-state index contributed by atoms with van der Waals surface area (Å²) in [5, 5.41) is 3.57. The van der Waals surface area contributed by atoms with Crippen LogP contribution in [0, 0.1) is 0 Å². The lowest BCUT2D eigenvalue weighted by Gasteiger charge is -2.38. The highest BCUT2D eigenvalue weighted by Gasteiger charge is 2.32. The first-order chi connectivity index (χ1) is 12.1. The average molecular weight is 473 g/mol. The van der Waals surface area contributed by atoms with Gasteiger partial charge in [0.25, 0.3) is 0 Å². The molecule has 1 N–H and O–H groups in total. The summed E-state index contributed by atoms with van der Waals surface area (Å²) in [5.74, 6) is 0.954. The van der Waals surface area contributed by atoms with Crippen molar-refractivity contribution in [1.29, 1.82) is 0 Å². The first-order valence-corrected chi connectivity index (χ1v) is 9.34. The molecule has 1 aromatic carbocycles. The van der Waals surface area contributed by atoms with Crippen LogP contribution >= 0.6 is 24.0 Å². The topological polar surface area (TPSA) is 46.1 Å². The predicted molar refractivity (Wildman–Crippen MR) is 117 cm³/mol. The fraction of sp³-hybridized carbons (Fsp3) is 0.650. The third-order valence-electron chi connectivity index (χ3n) is 5.23. The summed E-state index contributed by atoms with van der Waals surface area (Å²) in [6.07, 6.45) is 2.63. The maximum atomic E-state index is 5.95. The second-order valence-corrected chi connectivity index (χ2v) is 7.56. The number of nitrogens with zero attached hydrogens (tertiary/aromatic N) is 2. The Bertz CT molecular complexity index is 574. The zero-order valence-corrected chi connectivity index (χ0v) is 18.4. The van der Waals surface area contributed by atoms with E-state index in [1.807, 2.05) is 7.05 Å². The molecule has 146 valence electrons. The number of morpholine rings is 1. The summed E-state index contributed by atoms with van der Waals surface area (Å²) in [6.45, 7) is 8.67. The quantitative estimate of drug-likeness (QED) is 0.415. The normalized spacial score (nSPS) is 24.3. The largest absolute Gasteiger partial charge is 0.375 e. The molecule has 26 heavy (non-hydrogen) atoms.